The molecule has 4 heteroatoms. The van der Waals surface area contributed by atoms with E-state index in [2.05, 4.69) is 22.5 Å². The first kappa shape index (κ1) is 12.5. The van der Waals surface area contributed by atoms with Gasteiger partial charge in [0.2, 0.25) is 5.91 Å². The zero-order valence-corrected chi connectivity index (χ0v) is 10.0. The molecule has 1 aliphatic heterocycles. The van der Waals surface area contributed by atoms with Crippen molar-refractivity contribution in [2.45, 2.75) is 38.8 Å². The lowest BCUT2D eigenvalue weighted by atomic mass is 10.1. The number of rotatable bonds is 5. The molecule has 0 aromatic heterocycles. The molecule has 0 spiro atoms. The molecule has 15 heavy (non-hydrogen) atoms. The summed E-state index contributed by atoms with van der Waals surface area (Å²) in [4.78, 5) is 13.9. The predicted molar refractivity (Wildman–Crippen MR) is 61.8 cm³/mol. The van der Waals surface area contributed by atoms with Gasteiger partial charge in [-0.1, -0.05) is 6.92 Å². The van der Waals surface area contributed by atoms with E-state index in [1.54, 1.807) is 7.05 Å². The monoisotopic (exact) mass is 213 g/mol. The van der Waals surface area contributed by atoms with Crippen LogP contribution in [-0.2, 0) is 4.79 Å². The van der Waals surface area contributed by atoms with Gasteiger partial charge in [-0.15, -0.1) is 0 Å². The van der Waals surface area contributed by atoms with Crippen molar-refractivity contribution in [3.63, 3.8) is 0 Å². The van der Waals surface area contributed by atoms with E-state index in [-0.39, 0.29) is 11.9 Å². The molecule has 1 saturated heterocycles. The summed E-state index contributed by atoms with van der Waals surface area (Å²) in [6.07, 6.45) is 2.25. The van der Waals surface area contributed by atoms with E-state index in [1.165, 1.54) is 0 Å². The zero-order valence-electron chi connectivity index (χ0n) is 10.0. The molecular formula is C11H23N3O. The van der Waals surface area contributed by atoms with Crippen LogP contribution in [0.5, 0.6) is 0 Å². The van der Waals surface area contributed by atoms with Crippen LogP contribution < -0.4 is 10.6 Å². The van der Waals surface area contributed by atoms with Gasteiger partial charge in [0, 0.05) is 19.6 Å². The first-order chi connectivity index (χ1) is 7.20. The molecule has 88 valence electrons. The van der Waals surface area contributed by atoms with Crippen molar-refractivity contribution in [1.29, 1.82) is 0 Å². The Morgan fingerprint density at radius 1 is 1.67 bits per heavy atom. The van der Waals surface area contributed by atoms with Crippen LogP contribution in [0.15, 0.2) is 0 Å². The fourth-order valence-corrected chi connectivity index (χ4v) is 2.23. The van der Waals surface area contributed by atoms with Gasteiger partial charge in [0.05, 0.1) is 6.04 Å². The van der Waals surface area contributed by atoms with Crippen LogP contribution in [-0.4, -0.2) is 49.6 Å². The summed E-state index contributed by atoms with van der Waals surface area (Å²) in [7, 11) is 1.70. The highest BCUT2D eigenvalue weighted by Gasteiger charge is 2.28. The molecule has 2 N–H and O–H groups in total. The highest BCUT2D eigenvalue weighted by molar-refractivity contribution is 5.81. The average Bonchev–Trinajstić information content (AvgIpc) is 2.77. The van der Waals surface area contributed by atoms with E-state index in [1.807, 2.05) is 6.92 Å². The molecule has 2 unspecified atom stereocenters. The minimum Gasteiger partial charge on any atom is -0.358 e. The summed E-state index contributed by atoms with van der Waals surface area (Å²) in [5.74, 6) is 0.121. The summed E-state index contributed by atoms with van der Waals surface area (Å²) < 4.78 is 0. The molecule has 0 bridgehead atoms. The van der Waals surface area contributed by atoms with Crippen LogP contribution in [0.3, 0.4) is 0 Å². The summed E-state index contributed by atoms with van der Waals surface area (Å²) in [5, 5.41) is 6.08. The lowest BCUT2D eigenvalue weighted by molar-refractivity contribution is -0.126. The molecule has 4 nitrogen and oxygen atoms in total. The van der Waals surface area contributed by atoms with E-state index in [0.717, 1.165) is 32.5 Å². The van der Waals surface area contributed by atoms with Gasteiger partial charge >= 0.3 is 0 Å². The first-order valence-electron chi connectivity index (χ1n) is 5.88. The van der Waals surface area contributed by atoms with Gasteiger partial charge in [-0.3, -0.25) is 9.69 Å². The molecule has 1 aliphatic rings. The predicted octanol–water partition coefficient (Wildman–Crippen LogP) is 0.195. The van der Waals surface area contributed by atoms with E-state index in [0.29, 0.717) is 6.04 Å². The molecule has 1 rings (SSSR count). The number of carbonyl (C=O) groups is 1. The molecule has 2 atom stereocenters. The fourth-order valence-electron chi connectivity index (χ4n) is 2.23. The Bertz CT molecular complexity index is 202. The number of nitrogens with zero attached hydrogens (tertiary/aromatic N) is 1. The number of hydrogen-bond acceptors (Lipinski definition) is 3. The summed E-state index contributed by atoms with van der Waals surface area (Å²) in [6, 6.07) is 0.511. The normalized spacial score (nSPS) is 23.1. The Labute approximate surface area is 92.4 Å². The largest absolute Gasteiger partial charge is 0.358 e. The Hall–Kier alpha value is -0.610. The maximum absolute atomic E-state index is 11.6. The highest BCUT2D eigenvalue weighted by atomic mass is 16.2. The molecular weight excluding hydrogens is 190 g/mol. The standard InChI is InChI=1S/C11H23N3O/c1-4-7-14(9(2)11(15)12-3)10-5-6-13-8-10/h9-10,13H,4-8H2,1-3H3,(H,12,15). The van der Waals surface area contributed by atoms with Crippen molar-refractivity contribution in [1.82, 2.24) is 15.5 Å². The van der Waals surface area contributed by atoms with Crippen LogP contribution in [0.4, 0.5) is 0 Å². The number of likely N-dealkylation sites (N-methyl/N-ethyl adjacent to an activating group) is 1. The van der Waals surface area contributed by atoms with Crippen molar-refractivity contribution >= 4 is 5.91 Å². The molecule has 0 radical (unpaired) electrons. The smallest absolute Gasteiger partial charge is 0.236 e. The van der Waals surface area contributed by atoms with Gasteiger partial charge in [-0.05, 0) is 32.9 Å². The summed E-state index contributed by atoms with van der Waals surface area (Å²) in [6.45, 7) is 7.24. The second-order valence-corrected chi connectivity index (χ2v) is 4.17. The molecule has 0 aromatic rings. The Kier molecular flexibility index (Phi) is 5.05. The minimum atomic E-state index is -0.0140. The van der Waals surface area contributed by atoms with Crippen LogP contribution in [0, 0.1) is 0 Å². The lowest BCUT2D eigenvalue weighted by Crippen LogP contribution is -2.50. The first-order valence-corrected chi connectivity index (χ1v) is 5.88. The second-order valence-electron chi connectivity index (χ2n) is 4.17. The number of nitrogens with one attached hydrogen (secondary N) is 2. The zero-order chi connectivity index (χ0) is 11.3. The highest BCUT2D eigenvalue weighted by Crippen LogP contribution is 2.13. The van der Waals surface area contributed by atoms with Gasteiger partial charge in [-0.2, -0.15) is 0 Å². The summed E-state index contributed by atoms with van der Waals surface area (Å²) in [5.41, 5.74) is 0. The van der Waals surface area contributed by atoms with Gasteiger partial charge in [0.15, 0.2) is 0 Å². The van der Waals surface area contributed by atoms with Crippen molar-refractivity contribution in [2.24, 2.45) is 0 Å². The molecule has 1 amide bonds. The molecule has 1 heterocycles. The van der Waals surface area contributed by atoms with Crippen LogP contribution in [0.2, 0.25) is 0 Å². The van der Waals surface area contributed by atoms with Crippen LogP contribution >= 0.6 is 0 Å². The molecule has 0 aliphatic carbocycles. The number of carbonyl (C=O) groups excluding carboxylic acids is 1. The lowest BCUT2D eigenvalue weighted by Gasteiger charge is -2.32. The van der Waals surface area contributed by atoms with Gasteiger partial charge in [-0.25, -0.2) is 0 Å². The minimum absolute atomic E-state index is 0.0140. The number of amides is 1. The number of hydrogen-bond donors (Lipinski definition) is 2. The topological polar surface area (TPSA) is 44.4 Å². The van der Waals surface area contributed by atoms with Crippen molar-refractivity contribution < 1.29 is 4.79 Å². The van der Waals surface area contributed by atoms with Crippen molar-refractivity contribution in [3.8, 4) is 0 Å². The van der Waals surface area contributed by atoms with Gasteiger partial charge in [0.25, 0.3) is 0 Å². The van der Waals surface area contributed by atoms with E-state index in [9.17, 15) is 4.79 Å². The quantitative estimate of drug-likeness (QED) is 0.685. The third-order valence-corrected chi connectivity index (χ3v) is 3.11. The molecule has 1 fully saturated rings. The third-order valence-electron chi connectivity index (χ3n) is 3.11. The third kappa shape index (κ3) is 3.18. The average molecular weight is 213 g/mol. The van der Waals surface area contributed by atoms with Crippen molar-refractivity contribution in [2.75, 3.05) is 26.7 Å². The van der Waals surface area contributed by atoms with E-state index >= 15 is 0 Å². The summed E-state index contributed by atoms with van der Waals surface area (Å²) >= 11 is 0. The van der Waals surface area contributed by atoms with Crippen LogP contribution in [0.25, 0.3) is 0 Å². The Morgan fingerprint density at radius 3 is 2.87 bits per heavy atom. The SMILES string of the molecule is CCCN(C1CCNC1)C(C)C(=O)NC. The van der Waals surface area contributed by atoms with Gasteiger partial charge in [0.1, 0.15) is 0 Å². The van der Waals surface area contributed by atoms with Crippen LogP contribution in [0.1, 0.15) is 26.7 Å². The van der Waals surface area contributed by atoms with Gasteiger partial charge < -0.3 is 10.6 Å². The van der Waals surface area contributed by atoms with E-state index < -0.39 is 0 Å². The maximum Gasteiger partial charge on any atom is 0.236 e. The molecule has 0 saturated carbocycles. The molecule has 0 aromatic carbocycles. The second kappa shape index (κ2) is 6.08. The Morgan fingerprint density at radius 2 is 2.40 bits per heavy atom. The fraction of sp³-hybridized carbons (Fsp3) is 0.909. The van der Waals surface area contributed by atoms with E-state index in [4.69, 9.17) is 0 Å². The van der Waals surface area contributed by atoms with Crippen molar-refractivity contribution in [3.05, 3.63) is 0 Å². The maximum atomic E-state index is 11.6. The Balaban J connectivity index is 2.58.